The molecule has 2 heteroatoms. The Kier molecular flexibility index (Phi) is 2.03. The number of rotatable bonds is 0. The zero-order valence-corrected chi connectivity index (χ0v) is 11.0. The fourth-order valence-corrected chi connectivity index (χ4v) is 2.59. The molecule has 0 radical (unpaired) electrons. The van der Waals surface area contributed by atoms with Crippen molar-refractivity contribution in [3.63, 3.8) is 0 Å². The summed E-state index contributed by atoms with van der Waals surface area (Å²) in [4.78, 5) is 0. The molecule has 0 amide bonds. The molecule has 0 bridgehead atoms. The number of nitrogens with two attached hydrogens (primary N) is 2. The minimum atomic E-state index is 0.153. The Hall–Kier alpha value is -1.96. The molecule has 0 unspecified atom stereocenters. The van der Waals surface area contributed by atoms with Crippen molar-refractivity contribution in [2.45, 2.75) is 26.2 Å². The molecule has 4 N–H and O–H groups in total. The van der Waals surface area contributed by atoms with Crippen LogP contribution in [0.1, 0.15) is 26.3 Å². The summed E-state index contributed by atoms with van der Waals surface area (Å²) in [7, 11) is 0. The van der Waals surface area contributed by atoms with Gasteiger partial charge in [0, 0.05) is 22.5 Å². The third-order valence-electron chi connectivity index (χ3n) is 3.69. The Bertz CT molecular complexity index is 649. The van der Waals surface area contributed by atoms with Crippen LogP contribution in [0.25, 0.3) is 22.3 Å². The number of hydrogen-bond donors (Lipinski definition) is 2. The van der Waals surface area contributed by atoms with Gasteiger partial charge in [0.2, 0.25) is 0 Å². The van der Waals surface area contributed by atoms with Crippen molar-refractivity contribution in [3.8, 4) is 22.3 Å². The minimum absolute atomic E-state index is 0.153. The van der Waals surface area contributed by atoms with Gasteiger partial charge < -0.3 is 11.5 Å². The number of anilines is 2. The van der Waals surface area contributed by atoms with Gasteiger partial charge in [-0.25, -0.2) is 0 Å². The van der Waals surface area contributed by atoms with E-state index in [1.54, 1.807) is 0 Å². The smallest absolute Gasteiger partial charge is 0.0401 e. The second-order valence-electron chi connectivity index (χ2n) is 6.00. The monoisotopic (exact) mass is 238 g/mol. The summed E-state index contributed by atoms with van der Waals surface area (Å²) >= 11 is 0. The fourth-order valence-electron chi connectivity index (χ4n) is 2.59. The average Bonchev–Trinajstić information content (AvgIpc) is 2.25. The van der Waals surface area contributed by atoms with Crippen molar-refractivity contribution in [2.75, 3.05) is 11.5 Å². The molecule has 2 aromatic rings. The summed E-state index contributed by atoms with van der Waals surface area (Å²) < 4.78 is 0. The van der Waals surface area contributed by atoms with Crippen LogP contribution >= 0.6 is 0 Å². The number of nitrogen functional groups attached to an aromatic ring is 2. The lowest BCUT2D eigenvalue weighted by Crippen LogP contribution is -2.13. The summed E-state index contributed by atoms with van der Waals surface area (Å²) in [5.74, 6) is 0. The highest BCUT2D eigenvalue weighted by Gasteiger charge is 2.28. The summed E-state index contributed by atoms with van der Waals surface area (Å²) in [6.07, 6.45) is 0. The second-order valence-corrected chi connectivity index (χ2v) is 6.00. The first-order valence-corrected chi connectivity index (χ1v) is 6.23. The van der Waals surface area contributed by atoms with Crippen molar-refractivity contribution < 1.29 is 0 Å². The Labute approximate surface area is 108 Å². The van der Waals surface area contributed by atoms with Crippen LogP contribution in [0.4, 0.5) is 11.4 Å². The number of hydrogen-bond acceptors (Lipinski definition) is 2. The molecule has 1 aliphatic rings. The highest BCUT2D eigenvalue weighted by molar-refractivity contribution is 6.11. The second kappa shape index (κ2) is 3.29. The van der Waals surface area contributed by atoms with Gasteiger partial charge in [-0.3, -0.25) is 0 Å². The van der Waals surface area contributed by atoms with Crippen molar-refractivity contribution in [1.29, 1.82) is 0 Å². The Morgan fingerprint density at radius 2 is 1.33 bits per heavy atom. The summed E-state index contributed by atoms with van der Waals surface area (Å²) in [5.41, 5.74) is 19.9. The van der Waals surface area contributed by atoms with Crippen LogP contribution in [0.3, 0.4) is 0 Å². The first-order valence-electron chi connectivity index (χ1n) is 6.23. The standard InChI is InChI=1S/C16H18N2/c1-16(2,3)9-4-5-10-11(8-9)15-13(18)7-6-12(17)14(10)15/h4-8H,17-18H2,1-3H3. The molecule has 18 heavy (non-hydrogen) atoms. The molecule has 0 atom stereocenters. The lowest BCUT2D eigenvalue weighted by atomic mass is 9.75. The molecule has 0 heterocycles. The van der Waals surface area contributed by atoms with E-state index < -0.39 is 0 Å². The molecule has 3 rings (SSSR count). The van der Waals surface area contributed by atoms with Gasteiger partial charge in [0.1, 0.15) is 0 Å². The van der Waals surface area contributed by atoms with E-state index in [1.165, 1.54) is 16.7 Å². The predicted octanol–water partition coefficient (Wildman–Crippen LogP) is 3.80. The largest absolute Gasteiger partial charge is 0.398 e. The number of fused-ring (bicyclic) bond motifs is 4. The molecule has 0 fully saturated rings. The zero-order valence-electron chi connectivity index (χ0n) is 11.0. The summed E-state index contributed by atoms with van der Waals surface area (Å²) in [5, 5.41) is 0. The van der Waals surface area contributed by atoms with Crippen molar-refractivity contribution in [1.82, 2.24) is 0 Å². The molecule has 1 aliphatic carbocycles. The number of benzene rings is 2. The molecule has 0 saturated carbocycles. The molecular formula is C16H18N2. The maximum Gasteiger partial charge on any atom is 0.0401 e. The molecule has 0 spiro atoms. The van der Waals surface area contributed by atoms with Gasteiger partial charge in [-0.05, 0) is 40.3 Å². The fraction of sp³-hybridized carbons (Fsp3) is 0.250. The van der Waals surface area contributed by atoms with E-state index in [0.29, 0.717) is 0 Å². The predicted molar refractivity (Wildman–Crippen MR) is 78.4 cm³/mol. The van der Waals surface area contributed by atoms with E-state index in [9.17, 15) is 0 Å². The maximum absolute atomic E-state index is 6.06. The maximum atomic E-state index is 6.06. The lowest BCUT2D eigenvalue weighted by Gasteiger charge is -2.30. The average molecular weight is 238 g/mol. The van der Waals surface area contributed by atoms with Crippen LogP contribution in [0.2, 0.25) is 0 Å². The van der Waals surface area contributed by atoms with E-state index in [4.69, 9.17) is 11.5 Å². The first-order chi connectivity index (χ1) is 8.39. The van der Waals surface area contributed by atoms with Crippen molar-refractivity contribution in [3.05, 3.63) is 35.9 Å². The third-order valence-corrected chi connectivity index (χ3v) is 3.69. The van der Waals surface area contributed by atoms with Crippen LogP contribution in [0, 0.1) is 0 Å². The van der Waals surface area contributed by atoms with Gasteiger partial charge in [-0.15, -0.1) is 0 Å². The van der Waals surface area contributed by atoms with Crippen LogP contribution in [0.15, 0.2) is 30.3 Å². The zero-order chi connectivity index (χ0) is 13.1. The molecule has 0 aliphatic heterocycles. The van der Waals surface area contributed by atoms with E-state index in [0.717, 1.165) is 22.5 Å². The van der Waals surface area contributed by atoms with Gasteiger partial charge in [0.15, 0.2) is 0 Å². The SMILES string of the molecule is CC(C)(C)c1ccc2c(c1)-c1c(N)ccc(N)c1-2. The molecular weight excluding hydrogens is 220 g/mol. The molecule has 2 nitrogen and oxygen atoms in total. The lowest BCUT2D eigenvalue weighted by molar-refractivity contribution is 0.590. The Morgan fingerprint density at radius 1 is 0.778 bits per heavy atom. The van der Waals surface area contributed by atoms with Crippen molar-refractivity contribution in [2.24, 2.45) is 0 Å². The summed E-state index contributed by atoms with van der Waals surface area (Å²) in [6.45, 7) is 6.66. The van der Waals surface area contributed by atoms with Crippen LogP contribution < -0.4 is 11.5 Å². The minimum Gasteiger partial charge on any atom is -0.398 e. The van der Waals surface area contributed by atoms with Gasteiger partial charge >= 0.3 is 0 Å². The normalized spacial score (nSPS) is 12.6. The quantitative estimate of drug-likeness (QED) is 0.585. The van der Waals surface area contributed by atoms with Gasteiger partial charge in [0.05, 0.1) is 0 Å². The highest BCUT2D eigenvalue weighted by Crippen LogP contribution is 2.53. The van der Waals surface area contributed by atoms with E-state index in [-0.39, 0.29) is 5.41 Å². The topological polar surface area (TPSA) is 52.0 Å². The van der Waals surface area contributed by atoms with Crippen LogP contribution in [-0.2, 0) is 5.41 Å². The molecule has 0 saturated heterocycles. The van der Waals surface area contributed by atoms with E-state index in [1.807, 2.05) is 12.1 Å². The van der Waals surface area contributed by atoms with Crippen LogP contribution in [0.5, 0.6) is 0 Å². The molecule has 0 aromatic heterocycles. The highest BCUT2D eigenvalue weighted by atomic mass is 14.6. The van der Waals surface area contributed by atoms with Gasteiger partial charge in [-0.1, -0.05) is 32.9 Å². The molecule has 92 valence electrons. The van der Waals surface area contributed by atoms with Crippen molar-refractivity contribution >= 4 is 11.4 Å². The van der Waals surface area contributed by atoms with Gasteiger partial charge in [0.25, 0.3) is 0 Å². The summed E-state index contributed by atoms with van der Waals surface area (Å²) in [6, 6.07) is 10.4. The third kappa shape index (κ3) is 1.35. The molecule has 2 aromatic carbocycles. The van der Waals surface area contributed by atoms with Crippen LogP contribution in [-0.4, -0.2) is 0 Å². The Morgan fingerprint density at radius 3 is 1.89 bits per heavy atom. The van der Waals surface area contributed by atoms with Gasteiger partial charge in [-0.2, -0.15) is 0 Å². The van der Waals surface area contributed by atoms with E-state index in [2.05, 4.69) is 39.0 Å². The van der Waals surface area contributed by atoms with E-state index >= 15 is 0 Å². The first kappa shape index (κ1) is 11.1. The Balaban J connectivity index is 2.21.